The topological polar surface area (TPSA) is 66.8 Å². The summed E-state index contributed by atoms with van der Waals surface area (Å²) in [5, 5.41) is 18.1. The molecule has 2 aromatic rings. The van der Waals surface area contributed by atoms with E-state index in [1.165, 1.54) is 6.07 Å². The molecule has 4 nitrogen and oxygen atoms in total. The molecule has 0 aliphatic heterocycles. The number of rotatable bonds is 5. The molecule has 0 bridgehead atoms. The van der Waals surface area contributed by atoms with Gasteiger partial charge in [-0.05, 0) is 36.2 Å². The summed E-state index contributed by atoms with van der Waals surface area (Å²) in [6, 6.07) is 12.1. The quantitative estimate of drug-likeness (QED) is 0.878. The zero-order chi connectivity index (χ0) is 14.5. The highest BCUT2D eigenvalue weighted by atomic mass is 16.5. The minimum absolute atomic E-state index is 0.0201. The summed E-state index contributed by atoms with van der Waals surface area (Å²) in [4.78, 5) is 11.1. The largest absolute Gasteiger partial charge is 0.493 e. The van der Waals surface area contributed by atoms with E-state index in [9.17, 15) is 4.79 Å². The van der Waals surface area contributed by atoms with E-state index in [1.54, 1.807) is 24.3 Å². The van der Waals surface area contributed by atoms with Crippen LogP contribution in [0.1, 0.15) is 22.8 Å². The average Bonchev–Trinajstić information content (AvgIpc) is 2.48. The Morgan fingerprint density at radius 3 is 2.40 bits per heavy atom. The van der Waals surface area contributed by atoms with Gasteiger partial charge in [0.15, 0.2) is 0 Å². The van der Waals surface area contributed by atoms with Gasteiger partial charge in [0.05, 0.1) is 18.8 Å². The second-order valence-electron chi connectivity index (χ2n) is 4.30. The molecule has 0 aliphatic carbocycles. The third-order valence-corrected chi connectivity index (χ3v) is 2.97. The highest BCUT2D eigenvalue weighted by Crippen LogP contribution is 2.31. The van der Waals surface area contributed by atoms with E-state index < -0.39 is 5.97 Å². The first kappa shape index (κ1) is 14.1. The second-order valence-corrected chi connectivity index (χ2v) is 4.30. The van der Waals surface area contributed by atoms with Crippen molar-refractivity contribution in [1.82, 2.24) is 0 Å². The van der Waals surface area contributed by atoms with Crippen molar-refractivity contribution in [1.29, 1.82) is 0 Å². The number of ether oxygens (including phenoxy) is 1. The maximum Gasteiger partial charge on any atom is 0.335 e. The number of carbonyl (C=O) groups is 1. The molecule has 0 radical (unpaired) electrons. The number of benzene rings is 2. The van der Waals surface area contributed by atoms with Crippen LogP contribution in [0.3, 0.4) is 0 Å². The molecule has 0 amide bonds. The number of carboxylic acid groups (broad SMARTS) is 1. The van der Waals surface area contributed by atoms with Crippen molar-refractivity contribution >= 4 is 5.97 Å². The number of hydrogen-bond donors (Lipinski definition) is 2. The van der Waals surface area contributed by atoms with Gasteiger partial charge in [0.2, 0.25) is 0 Å². The normalized spacial score (nSPS) is 10.3. The molecule has 0 heterocycles. The number of aromatic carboxylic acids is 1. The summed E-state index contributed by atoms with van der Waals surface area (Å²) in [5.41, 5.74) is 2.61. The minimum atomic E-state index is -0.971. The van der Waals surface area contributed by atoms with Gasteiger partial charge in [-0.2, -0.15) is 0 Å². The second kappa shape index (κ2) is 6.21. The summed E-state index contributed by atoms with van der Waals surface area (Å²) < 4.78 is 5.54. The van der Waals surface area contributed by atoms with Crippen LogP contribution in [-0.2, 0) is 6.61 Å². The fraction of sp³-hybridized carbons (Fsp3) is 0.188. The summed E-state index contributed by atoms with van der Waals surface area (Å²) in [7, 11) is 0. The highest BCUT2D eigenvalue weighted by molar-refractivity contribution is 5.90. The Kier molecular flexibility index (Phi) is 4.38. The van der Waals surface area contributed by atoms with Gasteiger partial charge in [-0.3, -0.25) is 0 Å². The fourth-order valence-electron chi connectivity index (χ4n) is 1.96. The number of aliphatic hydroxyl groups is 1. The minimum Gasteiger partial charge on any atom is -0.493 e. The first-order valence-corrected chi connectivity index (χ1v) is 6.36. The van der Waals surface area contributed by atoms with Crippen LogP contribution in [0.5, 0.6) is 5.75 Å². The molecule has 0 spiro atoms. The Bertz CT molecular complexity index is 602. The Morgan fingerprint density at radius 1 is 1.15 bits per heavy atom. The van der Waals surface area contributed by atoms with Crippen LogP contribution in [0.4, 0.5) is 0 Å². The molecule has 0 unspecified atom stereocenters. The van der Waals surface area contributed by atoms with Gasteiger partial charge in [0.1, 0.15) is 5.75 Å². The molecular weight excluding hydrogens is 256 g/mol. The van der Waals surface area contributed by atoms with Gasteiger partial charge in [0, 0.05) is 5.56 Å². The van der Waals surface area contributed by atoms with Crippen LogP contribution in [-0.4, -0.2) is 22.8 Å². The summed E-state index contributed by atoms with van der Waals surface area (Å²) in [6.45, 7) is 2.37. The Balaban J connectivity index is 2.49. The van der Waals surface area contributed by atoms with Crippen molar-refractivity contribution in [2.75, 3.05) is 6.61 Å². The van der Waals surface area contributed by atoms with Crippen molar-refractivity contribution in [2.24, 2.45) is 0 Å². The van der Waals surface area contributed by atoms with E-state index >= 15 is 0 Å². The molecule has 0 saturated carbocycles. The van der Waals surface area contributed by atoms with Crippen LogP contribution in [0.25, 0.3) is 11.1 Å². The Hall–Kier alpha value is -2.33. The molecule has 104 valence electrons. The van der Waals surface area contributed by atoms with Crippen LogP contribution >= 0.6 is 0 Å². The van der Waals surface area contributed by atoms with Crippen molar-refractivity contribution in [2.45, 2.75) is 13.5 Å². The van der Waals surface area contributed by atoms with Crippen molar-refractivity contribution in [3.05, 3.63) is 53.6 Å². The van der Waals surface area contributed by atoms with Gasteiger partial charge in [-0.15, -0.1) is 0 Å². The Labute approximate surface area is 117 Å². The lowest BCUT2D eigenvalue weighted by Crippen LogP contribution is -1.99. The zero-order valence-corrected chi connectivity index (χ0v) is 11.2. The lowest BCUT2D eigenvalue weighted by Gasteiger charge is -2.11. The van der Waals surface area contributed by atoms with E-state index in [-0.39, 0.29) is 12.2 Å². The van der Waals surface area contributed by atoms with E-state index in [0.29, 0.717) is 12.4 Å². The van der Waals surface area contributed by atoms with Crippen molar-refractivity contribution in [3.63, 3.8) is 0 Å². The van der Waals surface area contributed by atoms with Crippen LogP contribution in [0, 0.1) is 0 Å². The first-order valence-electron chi connectivity index (χ1n) is 6.36. The third kappa shape index (κ3) is 2.97. The maximum absolute atomic E-state index is 11.1. The fourth-order valence-corrected chi connectivity index (χ4v) is 1.96. The predicted octanol–water partition coefficient (Wildman–Crippen LogP) is 2.94. The predicted molar refractivity (Wildman–Crippen MR) is 75.9 cm³/mol. The van der Waals surface area contributed by atoms with Gasteiger partial charge < -0.3 is 14.9 Å². The van der Waals surface area contributed by atoms with Crippen LogP contribution < -0.4 is 4.74 Å². The van der Waals surface area contributed by atoms with E-state index in [4.69, 9.17) is 14.9 Å². The molecule has 0 fully saturated rings. The Morgan fingerprint density at radius 2 is 1.85 bits per heavy atom. The molecule has 0 aliphatic rings. The van der Waals surface area contributed by atoms with E-state index in [0.717, 1.165) is 16.7 Å². The summed E-state index contributed by atoms with van der Waals surface area (Å²) in [6.07, 6.45) is 0. The molecule has 20 heavy (non-hydrogen) atoms. The van der Waals surface area contributed by atoms with Crippen molar-refractivity contribution < 1.29 is 19.7 Å². The van der Waals surface area contributed by atoms with E-state index in [2.05, 4.69) is 0 Å². The molecule has 0 saturated heterocycles. The van der Waals surface area contributed by atoms with Crippen LogP contribution in [0.15, 0.2) is 42.5 Å². The average molecular weight is 272 g/mol. The summed E-state index contributed by atoms with van der Waals surface area (Å²) >= 11 is 0. The SMILES string of the molecule is CCOc1ccc(C(=O)O)cc1-c1ccc(CO)cc1. The lowest BCUT2D eigenvalue weighted by atomic mass is 10.0. The number of carboxylic acids is 1. The molecular formula is C16H16O4. The standard InChI is InChI=1S/C16H16O4/c1-2-20-15-8-7-13(16(18)19)9-14(15)12-5-3-11(10-17)4-6-12/h3-9,17H,2,10H2,1H3,(H,18,19). The molecule has 2 N–H and O–H groups in total. The first-order chi connectivity index (χ1) is 9.65. The molecule has 2 aromatic carbocycles. The number of aliphatic hydroxyl groups excluding tert-OH is 1. The van der Waals surface area contributed by atoms with Gasteiger partial charge in [-0.25, -0.2) is 4.79 Å². The molecule has 0 aromatic heterocycles. The third-order valence-electron chi connectivity index (χ3n) is 2.97. The summed E-state index contributed by atoms with van der Waals surface area (Å²) in [5.74, 6) is -0.324. The van der Waals surface area contributed by atoms with Crippen molar-refractivity contribution in [3.8, 4) is 16.9 Å². The molecule has 4 heteroatoms. The van der Waals surface area contributed by atoms with Gasteiger partial charge in [0.25, 0.3) is 0 Å². The van der Waals surface area contributed by atoms with Gasteiger partial charge in [-0.1, -0.05) is 24.3 Å². The number of hydrogen-bond acceptors (Lipinski definition) is 3. The maximum atomic E-state index is 11.1. The van der Waals surface area contributed by atoms with Gasteiger partial charge >= 0.3 is 5.97 Å². The monoisotopic (exact) mass is 272 g/mol. The molecule has 0 atom stereocenters. The smallest absolute Gasteiger partial charge is 0.335 e. The zero-order valence-electron chi connectivity index (χ0n) is 11.2. The lowest BCUT2D eigenvalue weighted by molar-refractivity contribution is 0.0697. The van der Waals surface area contributed by atoms with E-state index in [1.807, 2.05) is 19.1 Å². The highest BCUT2D eigenvalue weighted by Gasteiger charge is 2.11. The van der Waals surface area contributed by atoms with Crippen LogP contribution in [0.2, 0.25) is 0 Å². The molecule has 2 rings (SSSR count).